The van der Waals surface area contributed by atoms with Crippen molar-refractivity contribution in [3.8, 4) is 0 Å². The molecule has 5 heteroatoms. The first-order chi connectivity index (χ1) is 7.13. The summed E-state index contributed by atoms with van der Waals surface area (Å²) in [5.41, 5.74) is 1.71. The molecule has 0 fully saturated rings. The van der Waals surface area contributed by atoms with Crippen LogP contribution in [0.1, 0.15) is 27.8 Å². The Hall–Kier alpha value is -1.62. The lowest BCUT2D eigenvalue weighted by Gasteiger charge is -1.93. The first kappa shape index (κ1) is 9.92. The van der Waals surface area contributed by atoms with Gasteiger partial charge >= 0.3 is 5.97 Å². The molecule has 0 aliphatic rings. The van der Waals surface area contributed by atoms with E-state index in [0.717, 1.165) is 4.70 Å². The zero-order valence-corrected chi connectivity index (χ0v) is 9.10. The molecule has 78 valence electrons. The van der Waals surface area contributed by atoms with E-state index in [2.05, 4.69) is 9.72 Å². The Kier molecular flexibility index (Phi) is 2.32. The lowest BCUT2D eigenvalue weighted by Crippen LogP contribution is -2.01. The summed E-state index contributed by atoms with van der Waals surface area (Å²) in [5.74, 6) is -0.438. The second-order valence-corrected chi connectivity index (χ2v) is 4.03. The predicted octanol–water partition coefficient (Wildman–Crippen LogP) is 2.22. The van der Waals surface area contributed by atoms with Gasteiger partial charge in [-0.15, -0.1) is 11.3 Å². The molecular formula is C10H9NO3S. The SMILES string of the molecule is COC(=O)c1cc2scc(C(C)=O)c2[nH]1. The molecule has 1 N–H and O–H groups in total. The van der Waals surface area contributed by atoms with E-state index in [1.54, 1.807) is 11.4 Å². The van der Waals surface area contributed by atoms with E-state index in [9.17, 15) is 9.59 Å². The van der Waals surface area contributed by atoms with Gasteiger partial charge in [0.15, 0.2) is 5.78 Å². The normalized spacial score (nSPS) is 10.5. The summed E-state index contributed by atoms with van der Waals surface area (Å²) in [6, 6.07) is 1.69. The van der Waals surface area contributed by atoms with Crippen molar-refractivity contribution in [1.29, 1.82) is 0 Å². The summed E-state index contributed by atoms with van der Waals surface area (Å²) in [4.78, 5) is 25.4. The fraction of sp³-hybridized carbons (Fsp3) is 0.200. The fourth-order valence-electron chi connectivity index (χ4n) is 1.39. The first-order valence-corrected chi connectivity index (χ1v) is 5.21. The van der Waals surface area contributed by atoms with E-state index >= 15 is 0 Å². The van der Waals surface area contributed by atoms with Crippen molar-refractivity contribution < 1.29 is 14.3 Å². The number of nitrogens with one attached hydrogen (secondary N) is 1. The van der Waals surface area contributed by atoms with Gasteiger partial charge in [-0.05, 0) is 13.0 Å². The third-order valence-corrected chi connectivity index (χ3v) is 3.07. The van der Waals surface area contributed by atoms with Crippen molar-refractivity contribution >= 4 is 33.3 Å². The molecule has 0 spiro atoms. The number of carbonyl (C=O) groups is 2. The molecule has 0 radical (unpaired) electrons. The van der Waals surface area contributed by atoms with Gasteiger partial charge < -0.3 is 9.72 Å². The van der Waals surface area contributed by atoms with Crippen LogP contribution in [0.5, 0.6) is 0 Å². The zero-order chi connectivity index (χ0) is 11.0. The van der Waals surface area contributed by atoms with Crippen LogP contribution in [0.25, 0.3) is 10.2 Å². The van der Waals surface area contributed by atoms with Crippen LogP contribution in [-0.4, -0.2) is 23.8 Å². The Morgan fingerprint density at radius 2 is 2.20 bits per heavy atom. The number of ether oxygens (including phenoxy) is 1. The average molecular weight is 223 g/mol. The van der Waals surface area contributed by atoms with Gasteiger partial charge in [-0.1, -0.05) is 0 Å². The molecule has 0 saturated heterocycles. The van der Waals surface area contributed by atoms with Crippen LogP contribution in [-0.2, 0) is 4.74 Å². The Balaban J connectivity index is 2.57. The number of thiophene rings is 1. The fourth-order valence-corrected chi connectivity index (χ4v) is 2.38. The largest absolute Gasteiger partial charge is 0.464 e. The van der Waals surface area contributed by atoms with Crippen molar-refractivity contribution in [3.05, 3.63) is 22.7 Å². The summed E-state index contributed by atoms with van der Waals surface area (Å²) in [5, 5.41) is 1.78. The summed E-state index contributed by atoms with van der Waals surface area (Å²) in [7, 11) is 1.32. The summed E-state index contributed by atoms with van der Waals surface area (Å²) in [6.07, 6.45) is 0. The van der Waals surface area contributed by atoms with Crippen molar-refractivity contribution in [2.24, 2.45) is 0 Å². The number of ketones is 1. The van der Waals surface area contributed by atoms with Gasteiger partial charge in [0.05, 0.1) is 22.9 Å². The van der Waals surface area contributed by atoms with E-state index in [1.165, 1.54) is 25.4 Å². The number of rotatable bonds is 2. The Labute approximate surface area is 89.9 Å². The molecule has 0 bridgehead atoms. The van der Waals surface area contributed by atoms with Crippen molar-refractivity contribution in [1.82, 2.24) is 4.98 Å². The minimum Gasteiger partial charge on any atom is -0.464 e. The van der Waals surface area contributed by atoms with Gasteiger partial charge in [0.2, 0.25) is 0 Å². The van der Waals surface area contributed by atoms with Crippen LogP contribution in [0.2, 0.25) is 0 Å². The number of esters is 1. The highest BCUT2D eigenvalue weighted by Crippen LogP contribution is 2.26. The van der Waals surface area contributed by atoms with Gasteiger partial charge in [-0.3, -0.25) is 4.79 Å². The lowest BCUT2D eigenvalue weighted by atomic mass is 10.2. The van der Waals surface area contributed by atoms with Crippen molar-refractivity contribution in [3.63, 3.8) is 0 Å². The molecule has 0 amide bonds. The summed E-state index contributed by atoms with van der Waals surface area (Å²) >= 11 is 1.43. The molecule has 2 heterocycles. The molecule has 4 nitrogen and oxygen atoms in total. The third-order valence-electron chi connectivity index (χ3n) is 2.14. The average Bonchev–Trinajstić information content (AvgIpc) is 2.73. The van der Waals surface area contributed by atoms with Crippen LogP contribution in [0, 0.1) is 0 Å². The molecule has 0 aromatic carbocycles. The number of hydrogen-bond donors (Lipinski definition) is 1. The highest BCUT2D eigenvalue weighted by atomic mass is 32.1. The van der Waals surface area contributed by atoms with Crippen molar-refractivity contribution in [2.45, 2.75) is 6.92 Å². The van der Waals surface area contributed by atoms with E-state index in [0.29, 0.717) is 16.8 Å². The molecule has 15 heavy (non-hydrogen) atoms. The number of Topliss-reactive ketones (excluding diaryl/α,β-unsaturated/α-hetero) is 1. The van der Waals surface area contributed by atoms with E-state index in [-0.39, 0.29) is 5.78 Å². The van der Waals surface area contributed by atoms with Crippen LogP contribution < -0.4 is 0 Å². The maximum Gasteiger partial charge on any atom is 0.354 e. The van der Waals surface area contributed by atoms with Crippen LogP contribution in [0.15, 0.2) is 11.4 Å². The van der Waals surface area contributed by atoms with Gasteiger partial charge in [0.1, 0.15) is 5.69 Å². The number of aromatic amines is 1. The molecule has 0 aliphatic heterocycles. The Bertz CT molecular complexity index is 538. The van der Waals surface area contributed by atoms with E-state index in [1.807, 2.05) is 0 Å². The molecule has 0 aliphatic carbocycles. The quantitative estimate of drug-likeness (QED) is 0.627. The van der Waals surface area contributed by atoms with E-state index < -0.39 is 5.97 Å². The maximum atomic E-state index is 11.2. The van der Waals surface area contributed by atoms with Gasteiger partial charge in [-0.2, -0.15) is 0 Å². The Morgan fingerprint density at radius 1 is 1.47 bits per heavy atom. The molecule has 2 aromatic heterocycles. The first-order valence-electron chi connectivity index (χ1n) is 4.33. The highest BCUT2D eigenvalue weighted by molar-refractivity contribution is 7.17. The van der Waals surface area contributed by atoms with Gasteiger partial charge in [0.25, 0.3) is 0 Å². The minimum absolute atomic E-state index is 0.0143. The Morgan fingerprint density at radius 3 is 2.80 bits per heavy atom. The van der Waals surface area contributed by atoms with Crippen LogP contribution in [0.4, 0.5) is 0 Å². The number of hydrogen-bond acceptors (Lipinski definition) is 4. The topological polar surface area (TPSA) is 59.2 Å². The molecule has 0 unspecified atom stereocenters. The summed E-state index contributed by atoms with van der Waals surface area (Å²) in [6.45, 7) is 1.50. The van der Waals surface area contributed by atoms with E-state index in [4.69, 9.17) is 0 Å². The standard InChI is InChI=1S/C10H9NO3S/c1-5(12)6-4-15-8-3-7(10(13)14-2)11-9(6)8/h3-4,11H,1-2H3. The monoisotopic (exact) mass is 223 g/mol. The van der Waals surface area contributed by atoms with Crippen molar-refractivity contribution in [2.75, 3.05) is 7.11 Å². The maximum absolute atomic E-state index is 11.2. The number of methoxy groups -OCH3 is 1. The zero-order valence-electron chi connectivity index (χ0n) is 8.29. The molecule has 2 rings (SSSR count). The smallest absolute Gasteiger partial charge is 0.354 e. The summed E-state index contributed by atoms with van der Waals surface area (Å²) < 4.78 is 5.47. The van der Waals surface area contributed by atoms with Crippen LogP contribution >= 0.6 is 11.3 Å². The second-order valence-electron chi connectivity index (χ2n) is 3.12. The second kappa shape index (κ2) is 3.51. The molecule has 0 saturated carbocycles. The number of H-pyrrole nitrogens is 1. The number of carbonyl (C=O) groups excluding carboxylic acids is 2. The lowest BCUT2D eigenvalue weighted by molar-refractivity contribution is 0.0595. The third kappa shape index (κ3) is 1.55. The van der Waals surface area contributed by atoms with Gasteiger partial charge in [0, 0.05) is 5.38 Å². The molecular weight excluding hydrogens is 214 g/mol. The highest BCUT2D eigenvalue weighted by Gasteiger charge is 2.15. The molecule has 2 aromatic rings. The minimum atomic E-state index is -0.423. The van der Waals surface area contributed by atoms with Gasteiger partial charge in [-0.25, -0.2) is 4.79 Å². The number of aromatic nitrogens is 1. The number of fused-ring (bicyclic) bond motifs is 1. The molecule has 0 atom stereocenters. The predicted molar refractivity (Wildman–Crippen MR) is 57.5 cm³/mol. The van der Waals surface area contributed by atoms with Crippen LogP contribution in [0.3, 0.4) is 0 Å².